The molecule has 0 spiro atoms. The molecule has 0 radical (unpaired) electrons. The number of hydrogen-bond donors (Lipinski definition) is 0. The fraction of sp³-hybridized carbons (Fsp3) is 0.250. The molecule has 1 saturated heterocycles. The number of tetrazole rings is 1. The molecule has 0 unspecified atom stereocenters. The minimum Gasteiger partial charge on any atom is -0.452 e. The highest BCUT2D eigenvalue weighted by Crippen LogP contribution is 2.15. The molecule has 1 amide bonds. The van der Waals surface area contributed by atoms with Crippen LogP contribution in [-0.4, -0.2) is 69.8 Å². The third kappa shape index (κ3) is 4.40. The van der Waals surface area contributed by atoms with E-state index in [1.165, 1.54) is 11.0 Å². The second-order valence-corrected chi connectivity index (χ2v) is 6.58. The molecule has 9 nitrogen and oxygen atoms in total. The summed E-state index contributed by atoms with van der Waals surface area (Å²) >= 11 is 0. The Kier molecular flexibility index (Phi) is 5.46. The van der Waals surface area contributed by atoms with Gasteiger partial charge in [-0.15, -0.1) is 5.10 Å². The van der Waals surface area contributed by atoms with Gasteiger partial charge in [0.1, 0.15) is 6.33 Å². The summed E-state index contributed by atoms with van der Waals surface area (Å²) in [7, 11) is 0. The summed E-state index contributed by atoms with van der Waals surface area (Å²) in [5.74, 6) is -0.721. The third-order valence-corrected chi connectivity index (χ3v) is 4.80. The van der Waals surface area contributed by atoms with Crippen molar-refractivity contribution in [2.45, 2.75) is 0 Å². The van der Waals surface area contributed by atoms with Gasteiger partial charge in [0.2, 0.25) is 0 Å². The van der Waals surface area contributed by atoms with Crippen molar-refractivity contribution in [3.8, 4) is 5.69 Å². The maximum atomic E-state index is 12.4. The zero-order valence-corrected chi connectivity index (χ0v) is 15.7. The standard InChI is InChI=1S/C20H20N6O3/c27-19(25-12-10-24(11-13-25)17-4-2-1-3-5-17)14-29-20(28)16-6-8-18(9-7-16)26-15-21-22-23-26/h1-9,15H,10-14H2. The lowest BCUT2D eigenvalue weighted by molar-refractivity contribution is -0.134. The van der Waals surface area contributed by atoms with Crippen molar-refractivity contribution in [1.82, 2.24) is 25.1 Å². The molecule has 29 heavy (non-hydrogen) atoms. The summed E-state index contributed by atoms with van der Waals surface area (Å²) in [6, 6.07) is 16.7. The summed E-state index contributed by atoms with van der Waals surface area (Å²) < 4.78 is 6.67. The lowest BCUT2D eigenvalue weighted by Crippen LogP contribution is -2.49. The minimum atomic E-state index is -0.537. The Morgan fingerprint density at radius 1 is 0.897 bits per heavy atom. The monoisotopic (exact) mass is 392 g/mol. The van der Waals surface area contributed by atoms with Gasteiger partial charge in [0.15, 0.2) is 6.61 Å². The Morgan fingerprint density at radius 3 is 2.28 bits per heavy atom. The van der Waals surface area contributed by atoms with Crippen molar-refractivity contribution in [2.75, 3.05) is 37.7 Å². The topological polar surface area (TPSA) is 93.5 Å². The van der Waals surface area contributed by atoms with Crippen LogP contribution in [-0.2, 0) is 9.53 Å². The molecule has 2 heterocycles. The lowest BCUT2D eigenvalue weighted by Gasteiger charge is -2.36. The highest BCUT2D eigenvalue weighted by Gasteiger charge is 2.22. The zero-order chi connectivity index (χ0) is 20.1. The maximum Gasteiger partial charge on any atom is 0.338 e. The molecule has 0 saturated carbocycles. The second kappa shape index (κ2) is 8.51. The number of hydrogen-bond acceptors (Lipinski definition) is 7. The van der Waals surface area contributed by atoms with E-state index < -0.39 is 5.97 Å². The van der Waals surface area contributed by atoms with Crippen LogP contribution in [0.25, 0.3) is 5.69 Å². The van der Waals surface area contributed by atoms with Gasteiger partial charge < -0.3 is 14.5 Å². The van der Waals surface area contributed by atoms with Gasteiger partial charge in [0, 0.05) is 31.9 Å². The number of piperazine rings is 1. The highest BCUT2D eigenvalue weighted by molar-refractivity contribution is 5.91. The van der Waals surface area contributed by atoms with Crippen LogP contribution in [0, 0.1) is 0 Å². The molecule has 1 aliphatic heterocycles. The smallest absolute Gasteiger partial charge is 0.338 e. The Hall–Kier alpha value is -3.75. The van der Waals surface area contributed by atoms with Crippen molar-refractivity contribution < 1.29 is 14.3 Å². The van der Waals surface area contributed by atoms with E-state index in [1.54, 1.807) is 29.2 Å². The van der Waals surface area contributed by atoms with E-state index in [1.807, 2.05) is 18.2 Å². The van der Waals surface area contributed by atoms with E-state index in [4.69, 9.17) is 4.74 Å². The van der Waals surface area contributed by atoms with E-state index in [2.05, 4.69) is 32.6 Å². The van der Waals surface area contributed by atoms with E-state index in [0.717, 1.165) is 24.5 Å². The molecule has 1 fully saturated rings. The average Bonchev–Trinajstić information content (AvgIpc) is 3.33. The van der Waals surface area contributed by atoms with E-state index in [0.29, 0.717) is 18.7 Å². The van der Waals surface area contributed by atoms with E-state index in [-0.39, 0.29) is 12.5 Å². The van der Waals surface area contributed by atoms with Crippen LogP contribution in [0.3, 0.4) is 0 Å². The first-order chi connectivity index (χ1) is 14.2. The van der Waals surface area contributed by atoms with Crippen LogP contribution in [0.15, 0.2) is 60.9 Å². The number of carbonyl (C=O) groups excluding carboxylic acids is 2. The zero-order valence-electron chi connectivity index (χ0n) is 15.7. The number of esters is 1. The van der Waals surface area contributed by atoms with Gasteiger partial charge in [-0.1, -0.05) is 18.2 Å². The van der Waals surface area contributed by atoms with Crippen molar-refractivity contribution >= 4 is 17.6 Å². The van der Waals surface area contributed by atoms with Gasteiger partial charge in [-0.2, -0.15) is 0 Å². The highest BCUT2D eigenvalue weighted by atomic mass is 16.5. The molecule has 0 aliphatic carbocycles. The first-order valence-electron chi connectivity index (χ1n) is 9.29. The number of amides is 1. The van der Waals surface area contributed by atoms with Crippen LogP contribution in [0.1, 0.15) is 10.4 Å². The average molecular weight is 392 g/mol. The number of para-hydroxylation sites is 1. The fourth-order valence-corrected chi connectivity index (χ4v) is 3.18. The van der Waals surface area contributed by atoms with Gasteiger partial charge in [-0.25, -0.2) is 9.48 Å². The molecule has 4 rings (SSSR count). The molecule has 2 aromatic carbocycles. The molecule has 1 aliphatic rings. The molecular formula is C20H20N6O3. The summed E-state index contributed by atoms with van der Waals surface area (Å²) in [6.07, 6.45) is 1.46. The molecular weight excluding hydrogens is 372 g/mol. The predicted molar refractivity (Wildman–Crippen MR) is 105 cm³/mol. The molecule has 9 heteroatoms. The maximum absolute atomic E-state index is 12.4. The predicted octanol–water partition coefficient (Wildman–Crippen LogP) is 1.17. The van der Waals surface area contributed by atoms with Crippen LogP contribution >= 0.6 is 0 Å². The molecule has 0 bridgehead atoms. The van der Waals surface area contributed by atoms with Gasteiger partial charge in [0.25, 0.3) is 5.91 Å². The van der Waals surface area contributed by atoms with Crippen molar-refractivity contribution in [1.29, 1.82) is 0 Å². The number of anilines is 1. The number of carbonyl (C=O) groups is 2. The number of aromatic nitrogens is 4. The summed E-state index contributed by atoms with van der Waals surface area (Å²) in [4.78, 5) is 28.6. The SMILES string of the molecule is O=C(OCC(=O)N1CCN(c2ccccc2)CC1)c1ccc(-n2cnnn2)cc1. The van der Waals surface area contributed by atoms with Gasteiger partial charge in [-0.3, -0.25) is 4.79 Å². The largest absolute Gasteiger partial charge is 0.452 e. The molecule has 0 atom stereocenters. The van der Waals surface area contributed by atoms with Gasteiger partial charge in [-0.05, 0) is 46.8 Å². The van der Waals surface area contributed by atoms with Gasteiger partial charge >= 0.3 is 5.97 Å². The van der Waals surface area contributed by atoms with Crippen molar-refractivity contribution in [2.24, 2.45) is 0 Å². The van der Waals surface area contributed by atoms with E-state index >= 15 is 0 Å². The molecule has 1 aromatic heterocycles. The van der Waals surface area contributed by atoms with Gasteiger partial charge in [0.05, 0.1) is 11.3 Å². The van der Waals surface area contributed by atoms with Crippen molar-refractivity contribution in [3.63, 3.8) is 0 Å². The normalized spacial score (nSPS) is 13.9. The number of ether oxygens (including phenoxy) is 1. The first kappa shape index (κ1) is 18.6. The fourth-order valence-electron chi connectivity index (χ4n) is 3.18. The Bertz CT molecular complexity index is 952. The van der Waals surface area contributed by atoms with Crippen LogP contribution in [0.2, 0.25) is 0 Å². The Balaban J connectivity index is 1.26. The van der Waals surface area contributed by atoms with E-state index in [9.17, 15) is 9.59 Å². The van der Waals surface area contributed by atoms with Crippen molar-refractivity contribution in [3.05, 3.63) is 66.5 Å². The summed E-state index contributed by atoms with van der Waals surface area (Å²) in [6.45, 7) is 2.45. The Labute approximate surface area is 167 Å². The minimum absolute atomic E-state index is 0.184. The lowest BCUT2D eigenvalue weighted by atomic mass is 10.2. The number of rotatable bonds is 5. The second-order valence-electron chi connectivity index (χ2n) is 6.58. The molecule has 3 aromatic rings. The number of nitrogens with zero attached hydrogens (tertiary/aromatic N) is 6. The molecule has 148 valence electrons. The quantitative estimate of drug-likeness (QED) is 0.602. The van der Waals surface area contributed by atoms with Crippen LogP contribution in [0.5, 0.6) is 0 Å². The summed E-state index contributed by atoms with van der Waals surface area (Å²) in [5.41, 5.74) is 2.23. The van der Waals surface area contributed by atoms with Crippen LogP contribution < -0.4 is 4.90 Å². The number of benzene rings is 2. The summed E-state index contributed by atoms with van der Waals surface area (Å²) in [5, 5.41) is 10.9. The first-order valence-corrected chi connectivity index (χ1v) is 9.29. The Morgan fingerprint density at radius 2 is 1.62 bits per heavy atom. The van der Waals surface area contributed by atoms with Crippen LogP contribution in [0.4, 0.5) is 5.69 Å². The molecule has 0 N–H and O–H groups in total. The third-order valence-electron chi connectivity index (χ3n) is 4.80.